The van der Waals surface area contributed by atoms with Crippen LogP contribution in [0.4, 0.5) is 4.39 Å². The lowest BCUT2D eigenvalue weighted by molar-refractivity contribution is -0.135. The SMILES string of the molecule is CCC(C)(O)C(=O)Cc1ccc(F)c(Br)c1. The van der Waals surface area contributed by atoms with Gasteiger partial charge in [0.05, 0.1) is 4.47 Å². The van der Waals surface area contributed by atoms with E-state index in [-0.39, 0.29) is 18.0 Å². The third kappa shape index (κ3) is 3.12. The smallest absolute Gasteiger partial charge is 0.168 e. The van der Waals surface area contributed by atoms with Crippen LogP contribution in [0.2, 0.25) is 0 Å². The Morgan fingerprint density at radius 2 is 2.19 bits per heavy atom. The highest BCUT2D eigenvalue weighted by atomic mass is 79.9. The molecule has 0 fully saturated rings. The highest BCUT2D eigenvalue weighted by molar-refractivity contribution is 9.10. The van der Waals surface area contributed by atoms with Crippen LogP contribution < -0.4 is 0 Å². The molecule has 0 saturated heterocycles. The number of aliphatic hydroxyl groups is 1. The number of benzene rings is 1. The zero-order chi connectivity index (χ0) is 12.3. The first-order valence-corrected chi connectivity index (χ1v) is 5.85. The predicted molar refractivity (Wildman–Crippen MR) is 63.7 cm³/mol. The largest absolute Gasteiger partial charge is 0.382 e. The highest BCUT2D eigenvalue weighted by Gasteiger charge is 2.27. The number of hydrogen-bond donors (Lipinski definition) is 1. The summed E-state index contributed by atoms with van der Waals surface area (Å²) in [5.74, 6) is -0.619. The number of carbonyl (C=O) groups excluding carboxylic acids is 1. The van der Waals surface area contributed by atoms with E-state index >= 15 is 0 Å². The first-order valence-electron chi connectivity index (χ1n) is 5.06. The molecule has 1 aromatic carbocycles. The monoisotopic (exact) mass is 288 g/mol. The van der Waals surface area contributed by atoms with Gasteiger partial charge in [-0.15, -0.1) is 0 Å². The topological polar surface area (TPSA) is 37.3 Å². The molecule has 2 nitrogen and oxygen atoms in total. The van der Waals surface area contributed by atoms with Gasteiger partial charge in [-0.3, -0.25) is 4.79 Å². The molecule has 0 aliphatic carbocycles. The molecule has 0 bridgehead atoms. The summed E-state index contributed by atoms with van der Waals surface area (Å²) in [6.07, 6.45) is 0.480. The Kier molecular flexibility index (Phi) is 4.21. The van der Waals surface area contributed by atoms with E-state index in [1.54, 1.807) is 19.1 Å². The minimum absolute atomic E-state index is 0.111. The molecule has 0 amide bonds. The molecule has 0 saturated carbocycles. The molecule has 0 aromatic heterocycles. The summed E-state index contributed by atoms with van der Waals surface area (Å²) in [7, 11) is 0. The second-order valence-electron chi connectivity index (χ2n) is 3.98. The summed E-state index contributed by atoms with van der Waals surface area (Å²) in [6, 6.07) is 4.40. The minimum atomic E-state index is -1.30. The molecule has 1 rings (SSSR count). The van der Waals surface area contributed by atoms with Crippen molar-refractivity contribution in [2.24, 2.45) is 0 Å². The molecule has 1 atom stereocenters. The van der Waals surface area contributed by atoms with Crippen molar-refractivity contribution < 1.29 is 14.3 Å². The zero-order valence-corrected chi connectivity index (χ0v) is 10.8. The van der Waals surface area contributed by atoms with Crippen molar-refractivity contribution >= 4 is 21.7 Å². The van der Waals surface area contributed by atoms with Gasteiger partial charge in [0.2, 0.25) is 0 Å². The summed E-state index contributed by atoms with van der Waals surface area (Å²) in [6.45, 7) is 3.24. The molecule has 0 aliphatic heterocycles. The zero-order valence-electron chi connectivity index (χ0n) is 9.26. The molecule has 0 aliphatic rings. The van der Waals surface area contributed by atoms with E-state index < -0.39 is 5.60 Å². The Morgan fingerprint density at radius 3 is 2.69 bits per heavy atom. The van der Waals surface area contributed by atoms with Crippen LogP contribution in [0.15, 0.2) is 22.7 Å². The third-order valence-corrected chi connectivity index (χ3v) is 3.25. The van der Waals surface area contributed by atoms with E-state index in [4.69, 9.17) is 0 Å². The maximum atomic E-state index is 13.0. The van der Waals surface area contributed by atoms with Gasteiger partial charge in [0, 0.05) is 6.42 Å². The fourth-order valence-corrected chi connectivity index (χ4v) is 1.65. The molecular formula is C12H14BrFO2. The van der Waals surface area contributed by atoms with Crippen LogP contribution in [0.25, 0.3) is 0 Å². The molecule has 1 aromatic rings. The predicted octanol–water partition coefficient (Wildman–Crippen LogP) is 2.86. The van der Waals surface area contributed by atoms with E-state index in [0.29, 0.717) is 16.5 Å². The van der Waals surface area contributed by atoms with Crippen molar-refractivity contribution in [2.75, 3.05) is 0 Å². The Labute approximate surface area is 103 Å². The van der Waals surface area contributed by atoms with Gasteiger partial charge in [0.1, 0.15) is 11.4 Å². The number of hydrogen-bond acceptors (Lipinski definition) is 2. The number of halogens is 2. The van der Waals surface area contributed by atoms with Gasteiger partial charge in [0.25, 0.3) is 0 Å². The second kappa shape index (κ2) is 5.06. The quantitative estimate of drug-likeness (QED) is 0.925. The van der Waals surface area contributed by atoms with Gasteiger partial charge in [0.15, 0.2) is 5.78 Å². The molecule has 1 unspecified atom stereocenters. The van der Waals surface area contributed by atoms with Crippen LogP contribution in [0.5, 0.6) is 0 Å². The average molecular weight is 289 g/mol. The average Bonchev–Trinajstić information content (AvgIpc) is 2.23. The van der Waals surface area contributed by atoms with E-state index in [0.717, 1.165) is 0 Å². The summed E-state index contributed by atoms with van der Waals surface area (Å²) >= 11 is 3.05. The molecule has 88 valence electrons. The first-order chi connectivity index (χ1) is 7.36. The maximum absolute atomic E-state index is 13.0. The van der Waals surface area contributed by atoms with Crippen molar-refractivity contribution in [1.82, 2.24) is 0 Å². The van der Waals surface area contributed by atoms with E-state index in [9.17, 15) is 14.3 Å². The Balaban J connectivity index is 2.82. The van der Waals surface area contributed by atoms with Crippen molar-refractivity contribution in [2.45, 2.75) is 32.3 Å². The molecular weight excluding hydrogens is 275 g/mol. The lowest BCUT2D eigenvalue weighted by atomic mass is 9.93. The van der Waals surface area contributed by atoms with Crippen molar-refractivity contribution in [3.05, 3.63) is 34.1 Å². The standard InChI is InChI=1S/C12H14BrFO2/c1-3-12(2,16)11(15)7-8-4-5-10(14)9(13)6-8/h4-6,16H,3,7H2,1-2H3. The molecule has 4 heteroatoms. The second-order valence-corrected chi connectivity index (χ2v) is 4.83. The summed E-state index contributed by atoms with van der Waals surface area (Å²) in [4.78, 5) is 11.7. The van der Waals surface area contributed by atoms with Gasteiger partial charge in [-0.05, 0) is 47.0 Å². The van der Waals surface area contributed by atoms with Crippen LogP contribution in [-0.2, 0) is 11.2 Å². The summed E-state index contributed by atoms with van der Waals surface area (Å²) in [5, 5.41) is 9.74. The van der Waals surface area contributed by atoms with Gasteiger partial charge in [-0.2, -0.15) is 0 Å². The lowest BCUT2D eigenvalue weighted by Gasteiger charge is -2.19. The summed E-state index contributed by atoms with van der Waals surface area (Å²) in [5.41, 5.74) is -0.618. The molecule has 1 N–H and O–H groups in total. The van der Waals surface area contributed by atoms with Crippen LogP contribution in [0.3, 0.4) is 0 Å². The summed E-state index contributed by atoms with van der Waals surface area (Å²) < 4.78 is 13.3. The Bertz CT molecular complexity index is 402. The van der Waals surface area contributed by atoms with Crippen molar-refractivity contribution in [1.29, 1.82) is 0 Å². The van der Waals surface area contributed by atoms with E-state index in [2.05, 4.69) is 15.9 Å². The number of Topliss-reactive ketones (excluding diaryl/α,β-unsaturated/α-hetero) is 1. The Hall–Kier alpha value is -0.740. The molecule has 16 heavy (non-hydrogen) atoms. The van der Waals surface area contributed by atoms with Gasteiger partial charge < -0.3 is 5.11 Å². The number of ketones is 1. The van der Waals surface area contributed by atoms with Gasteiger partial charge >= 0.3 is 0 Å². The van der Waals surface area contributed by atoms with Crippen LogP contribution in [0, 0.1) is 5.82 Å². The van der Waals surface area contributed by atoms with Crippen molar-refractivity contribution in [3.63, 3.8) is 0 Å². The van der Waals surface area contributed by atoms with Crippen LogP contribution in [-0.4, -0.2) is 16.5 Å². The highest BCUT2D eigenvalue weighted by Crippen LogP contribution is 2.19. The third-order valence-electron chi connectivity index (χ3n) is 2.64. The lowest BCUT2D eigenvalue weighted by Crippen LogP contribution is -2.35. The van der Waals surface area contributed by atoms with Gasteiger partial charge in [-0.25, -0.2) is 4.39 Å². The number of rotatable bonds is 4. The van der Waals surface area contributed by atoms with E-state index in [1.807, 2.05) is 0 Å². The van der Waals surface area contributed by atoms with Crippen LogP contribution >= 0.6 is 15.9 Å². The molecule has 0 radical (unpaired) electrons. The fraction of sp³-hybridized carbons (Fsp3) is 0.417. The fourth-order valence-electron chi connectivity index (χ4n) is 1.22. The van der Waals surface area contributed by atoms with E-state index in [1.165, 1.54) is 13.0 Å². The Morgan fingerprint density at radius 1 is 1.56 bits per heavy atom. The van der Waals surface area contributed by atoms with Gasteiger partial charge in [-0.1, -0.05) is 13.0 Å². The first kappa shape index (κ1) is 13.3. The minimum Gasteiger partial charge on any atom is -0.382 e. The van der Waals surface area contributed by atoms with Crippen LogP contribution in [0.1, 0.15) is 25.8 Å². The van der Waals surface area contributed by atoms with Crippen molar-refractivity contribution in [3.8, 4) is 0 Å². The molecule has 0 spiro atoms. The number of carbonyl (C=O) groups is 1. The molecule has 0 heterocycles. The maximum Gasteiger partial charge on any atom is 0.168 e. The normalized spacial score (nSPS) is 14.6.